The number of methoxy groups -OCH3 is 1. The Morgan fingerprint density at radius 2 is 2.11 bits per heavy atom. The average Bonchev–Trinajstić information content (AvgIpc) is 3.26. The van der Waals surface area contributed by atoms with E-state index in [2.05, 4.69) is 15.2 Å². The molecule has 1 fully saturated rings. The third kappa shape index (κ3) is 5.01. The molecule has 1 amide bonds. The molecule has 3 rings (SSSR count). The molecular formula is C21H22N4O3. The Morgan fingerprint density at radius 1 is 1.29 bits per heavy atom. The Kier molecular flexibility index (Phi) is 6.47. The average molecular weight is 378 g/mol. The van der Waals surface area contributed by atoms with Crippen LogP contribution in [0.5, 0.6) is 11.5 Å². The van der Waals surface area contributed by atoms with Gasteiger partial charge in [0.25, 0.3) is 0 Å². The van der Waals surface area contributed by atoms with E-state index in [-0.39, 0.29) is 12.5 Å². The molecule has 0 aliphatic carbocycles. The number of amides is 1. The van der Waals surface area contributed by atoms with E-state index in [0.717, 1.165) is 24.5 Å². The summed E-state index contributed by atoms with van der Waals surface area (Å²) in [5.74, 6) is 1.67. The predicted octanol–water partition coefficient (Wildman–Crippen LogP) is 3.24. The van der Waals surface area contributed by atoms with E-state index in [1.807, 2.05) is 18.2 Å². The maximum atomic E-state index is 12.2. The molecule has 7 nitrogen and oxygen atoms in total. The monoisotopic (exact) mass is 378 g/mol. The van der Waals surface area contributed by atoms with Crippen LogP contribution in [-0.2, 0) is 4.79 Å². The zero-order chi connectivity index (χ0) is 19.8. The van der Waals surface area contributed by atoms with Crippen LogP contribution >= 0.6 is 0 Å². The SMILES string of the molecule is COc1cc(/C=C/C(=O)Nc2ccc(N3CCCC3)nc2)ccc1OCC#N. The molecule has 0 unspecified atom stereocenters. The first kappa shape index (κ1) is 19.2. The molecular weight excluding hydrogens is 356 g/mol. The maximum absolute atomic E-state index is 12.2. The van der Waals surface area contributed by atoms with Crippen LogP contribution in [0.2, 0.25) is 0 Å². The van der Waals surface area contributed by atoms with E-state index in [9.17, 15) is 4.79 Å². The maximum Gasteiger partial charge on any atom is 0.248 e. The molecule has 1 saturated heterocycles. The number of hydrogen-bond donors (Lipinski definition) is 1. The summed E-state index contributed by atoms with van der Waals surface area (Å²) in [5.41, 5.74) is 1.43. The highest BCUT2D eigenvalue weighted by Gasteiger charge is 2.13. The van der Waals surface area contributed by atoms with Crippen molar-refractivity contribution >= 4 is 23.5 Å². The molecule has 1 aliphatic heterocycles. The highest BCUT2D eigenvalue weighted by molar-refractivity contribution is 6.01. The van der Waals surface area contributed by atoms with E-state index in [4.69, 9.17) is 14.7 Å². The number of carbonyl (C=O) groups excluding carboxylic acids is 1. The fraction of sp³-hybridized carbons (Fsp3) is 0.286. The summed E-state index contributed by atoms with van der Waals surface area (Å²) in [7, 11) is 1.52. The van der Waals surface area contributed by atoms with Gasteiger partial charge in [0.2, 0.25) is 5.91 Å². The number of nitrogens with zero attached hydrogens (tertiary/aromatic N) is 3. The van der Waals surface area contributed by atoms with Gasteiger partial charge in [-0.2, -0.15) is 5.26 Å². The van der Waals surface area contributed by atoms with Crippen molar-refractivity contribution in [1.82, 2.24) is 4.98 Å². The molecule has 0 spiro atoms. The molecule has 7 heteroatoms. The molecule has 0 atom stereocenters. The number of carbonyl (C=O) groups is 1. The third-order valence-corrected chi connectivity index (χ3v) is 4.35. The third-order valence-electron chi connectivity index (χ3n) is 4.35. The fourth-order valence-electron chi connectivity index (χ4n) is 2.97. The van der Waals surface area contributed by atoms with Gasteiger partial charge in [0.15, 0.2) is 18.1 Å². The van der Waals surface area contributed by atoms with Crippen LogP contribution in [-0.4, -0.2) is 37.7 Å². The summed E-state index contributed by atoms with van der Waals surface area (Å²) in [6.45, 7) is 2.01. The topological polar surface area (TPSA) is 87.5 Å². The van der Waals surface area contributed by atoms with Gasteiger partial charge in [0.1, 0.15) is 11.9 Å². The minimum Gasteiger partial charge on any atom is -0.493 e. The van der Waals surface area contributed by atoms with Crippen molar-refractivity contribution in [3.63, 3.8) is 0 Å². The molecule has 28 heavy (non-hydrogen) atoms. The summed E-state index contributed by atoms with van der Waals surface area (Å²) in [6.07, 6.45) is 7.18. The van der Waals surface area contributed by atoms with E-state index in [1.54, 1.807) is 30.5 Å². The zero-order valence-electron chi connectivity index (χ0n) is 15.7. The number of anilines is 2. The molecule has 2 heterocycles. The zero-order valence-corrected chi connectivity index (χ0v) is 15.7. The van der Waals surface area contributed by atoms with Crippen molar-refractivity contribution in [2.24, 2.45) is 0 Å². The number of rotatable bonds is 7. The molecule has 0 radical (unpaired) electrons. The fourth-order valence-corrected chi connectivity index (χ4v) is 2.97. The van der Waals surface area contributed by atoms with Crippen molar-refractivity contribution in [2.75, 3.05) is 37.0 Å². The number of hydrogen-bond acceptors (Lipinski definition) is 6. The quantitative estimate of drug-likeness (QED) is 0.744. The van der Waals surface area contributed by atoms with Crippen molar-refractivity contribution in [3.8, 4) is 17.6 Å². The van der Waals surface area contributed by atoms with Crippen molar-refractivity contribution in [1.29, 1.82) is 5.26 Å². The van der Waals surface area contributed by atoms with Crippen LogP contribution in [0.15, 0.2) is 42.6 Å². The minimum atomic E-state index is -0.250. The summed E-state index contributed by atoms with van der Waals surface area (Å²) >= 11 is 0. The second-order valence-corrected chi connectivity index (χ2v) is 6.28. The minimum absolute atomic E-state index is 0.0570. The molecule has 1 aromatic carbocycles. The first-order valence-electron chi connectivity index (χ1n) is 9.07. The first-order valence-corrected chi connectivity index (χ1v) is 9.07. The Balaban J connectivity index is 1.59. The van der Waals surface area contributed by atoms with Gasteiger partial charge in [-0.1, -0.05) is 6.07 Å². The summed E-state index contributed by atoms with van der Waals surface area (Å²) in [5, 5.41) is 11.4. The summed E-state index contributed by atoms with van der Waals surface area (Å²) in [6, 6.07) is 10.9. The van der Waals surface area contributed by atoms with E-state index < -0.39 is 0 Å². The summed E-state index contributed by atoms with van der Waals surface area (Å²) < 4.78 is 10.5. The van der Waals surface area contributed by atoms with Crippen LogP contribution < -0.4 is 19.7 Å². The van der Waals surface area contributed by atoms with Crippen molar-refractivity contribution < 1.29 is 14.3 Å². The molecule has 0 bridgehead atoms. The molecule has 144 valence electrons. The Morgan fingerprint density at radius 3 is 2.79 bits per heavy atom. The lowest BCUT2D eigenvalue weighted by atomic mass is 10.2. The largest absolute Gasteiger partial charge is 0.493 e. The van der Waals surface area contributed by atoms with Crippen LogP contribution in [0.25, 0.3) is 6.08 Å². The molecule has 1 aliphatic rings. The number of benzene rings is 1. The number of ether oxygens (including phenoxy) is 2. The van der Waals surface area contributed by atoms with Crippen molar-refractivity contribution in [3.05, 3.63) is 48.2 Å². The van der Waals surface area contributed by atoms with Gasteiger partial charge in [0, 0.05) is 19.2 Å². The Hall–Kier alpha value is -3.53. The van der Waals surface area contributed by atoms with Crippen LogP contribution in [0, 0.1) is 11.3 Å². The normalized spacial score (nSPS) is 13.4. The second-order valence-electron chi connectivity index (χ2n) is 6.28. The van der Waals surface area contributed by atoms with E-state index >= 15 is 0 Å². The smallest absolute Gasteiger partial charge is 0.248 e. The van der Waals surface area contributed by atoms with Gasteiger partial charge < -0.3 is 19.7 Å². The van der Waals surface area contributed by atoms with Crippen molar-refractivity contribution in [2.45, 2.75) is 12.8 Å². The number of pyridine rings is 1. The standard InChI is InChI=1S/C21H22N4O3/c1-27-19-14-16(4-7-18(19)28-13-10-22)5-9-21(26)24-17-6-8-20(23-15-17)25-11-2-3-12-25/h4-9,14-15H,2-3,11-13H2,1H3,(H,24,26)/b9-5+. The van der Waals surface area contributed by atoms with Gasteiger partial charge in [-0.05, 0) is 48.7 Å². The lowest BCUT2D eigenvalue weighted by Gasteiger charge is -2.16. The van der Waals surface area contributed by atoms with Crippen LogP contribution in [0.4, 0.5) is 11.5 Å². The van der Waals surface area contributed by atoms with Gasteiger partial charge in [-0.15, -0.1) is 0 Å². The van der Waals surface area contributed by atoms with Gasteiger partial charge in [0.05, 0.1) is 19.0 Å². The molecule has 1 N–H and O–H groups in total. The summed E-state index contributed by atoms with van der Waals surface area (Å²) in [4.78, 5) is 18.8. The molecule has 2 aromatic rings. The van der Waals surface area contributed by atoms with E-state index in [1.165, 1.54) is 26.0 Å². The van der Waals surface area contributed by atoms with Gasteiger partial charge in [-0.25, -0.2) is 4.98 Å². The highest BCUT2D eigenvalue weighted by atomic mass is 16.5. The number of nitriles is 1. The highest BCUT2D eigenvalue weighted by Crippen LogP contribution is 2.28. The van der Waals surface area contributed by atoms with Gasteiger partial charge in [-0.3, -0.25) is 4.79 Å². The lowest BCUT2D eigenvalue weighted by molar-refractivity contribution is -0.111. The predicted molar refractivity (Wildman–Crippen MR) is 107 cm³/mol. The van der Waals surface area contributed by atoms with E-state index in [0.29, 0.717) is 17.2 Å². The van der Waals surface area contributed by atoms with Crippen LogP contribution in [0.3, 0.4) is 0 Å². The van der Waals surface area contributed by atoms with Crippen LogP contribution in [0.1, 0.15) is 18.4 Å². The number of aromatic nitrogens is 1. The molecule has 1 aromatic heterocycles. The van der Waals surface area contributed by atoms with Gasteiger partial charge >= 0.3 is 0 Å². The Labute approximate surface area is 164 Å². The second kappa shape index (κ2) is 9.42. The Bertz CT molecular complexity index is 882. The number of nitrogens with one attached hydrogen (secondary N) is 1. The molecule has 0 saturated carbocycles. The first-order chi connectivity index (χ1) is 13.7. The lowest BCUT2D eigenvalue weighted by Crippen LogP contribution is -2.18.